The third-order valence-corrected chi connectivity index (χ3v) is 9.06. The maximum atomic E-state index is 7.16. The van der Waals surface area contributed by atoms with Gasteiger partial charge in [-0.1, -0.05) is 83.9 Å². The summed E-state index contributed by atoms with van der Waals surface area (Å²) in [5, 5.41) is 5.00. The number of hydrogen-bond donors (Lipinski definition) is 1. The van der Waals surface area contributed by atoms with E-state index in [9.17, 15) is 0 Å². The lowest BCUT2D eigenvalue weighted by Gasteiger charge is -2.23. The van der Waals surface area contributed by atoms with Crippen molar-refractivity contribution in [1.82, 2.24) is 5.32 Å². The number of aryl methyl sites for hydroxylation is 1. The Morgan fingerprint density at radius 1 is 0.556 bits per heavy atom. The van der Waals surface area contributed by atoms with Gasteiger partial charge in [0.25, 0.3) is 0 Å². The molecule has 4 aromatic carbocycles. The number of hydrogen-bond acceptors (Lipinski definition) is 1. The van der Waals surface area contributed by atoms with E-state index in [4.69, 9.17) is 23.2 Å². The van der Waals surface area contributed by atoms with Crippen molar-refractivity contribution in [3.05, 3.63) is 104 Å². The van der Waals surface area contributed by atoms with Gasteiger partial charge in [0.05, 0.1) is 10.0 Å². The number of fused-ring (bicyclic) bond motifs is 2. The SMILES string of the molecule is Cc1c(-c2cccc(-c3cccc(-c4ccc5c(c4C)CCNC5)c3Cl)c2Cl)ccc2c1CCCC2. The fourth-order valence-corrected chi connectivity index (χ4v) is 6.91. The summed E-state index contributed by atoms with van der Waals surface area (Å²) in [4.78, 5) is 0. The normalized spacial score (nSPS) is 14.9. The zero-order chi connectivity index (χ0) is 24.8. The number of benzene rings is 4. The van der Waals surface area contributed by atoms with Gasteiger partial charge in [-0.05, 0) is 97.0 Å². The molecule has 1 aliphatic heterocycles. The minimum Gasteiger partial charge on any atom is -0.312 e. The second-order valence-corrected chi connectivity index (χ2v) is 11.0. The highest BCUT2D eigenvalue weighted by Gasteiger charge is 2.21. The van der Waals surface area contributed by atoms with Crippen molar-refractivity contribution in [1.29, 1.82) is 0 Å². The van der Waals surface area contributed by atoms with Crippen LogP contribution in [0.5, 0.6) is 0 Å². The molecule has 4 aromatic rings. The number of rotatable bonds is 3. The summed E-state index contributed by atoms with van der Waals surface area (Å²) in [6.45, 7) is 6.45. The van der Waals surface area contributed by atoms with Crippen molar-refractivity contribution in [2.75, 3.05) is 6.54 Å². The highest BCUT2D eigenvalue weighted by molar-refractivity contribution is 6.39. The molecule has 0 spiro atoms. The van der Waals surface area contributed by atoms with E-state index in [1.165, 1.54) is 63.8 Å². The van der Waals surface area contributed by atoms with Crippen LogP contribution in [0.25, 0.3) is 33.4 Å². The Morgan fingerprint density at radius 2 is 1.06 bits per heavy atom. The van der Waals surface area contributed by atoms with E-state index in [0.717, 1.165) is 58.2 Å². The first-order valence-corrected chi connectivity index (χ1v) is 13.8. The van der Waals surface area contributed by atoms with Gasteiger partial charge in [-0.2, -0.15) is 0 Å². The fraction of sp³-hybridized carbons (Fsp3) is 0.273. The molecular weight excluding hydrogens is 481 g/mol. The summed E-state index contributed by atoms with van der Waals surface area (Å²) in [5.74, 6) is 0. The molecular formula is C33H31Cl2N. The maximum absolute atomic E-state index is 7.16. The topological polar surface area (TPSA) is 12.0 Å². The second-order valence-electron chi connectivity index (χ2n) is 10.2. The fourth-order valence-electron chi connectivity index (χ4n) is 6.26. The van der Waals surface area contributed by atoms with Gasteiger partial charge in [-0.25, -0.2) is 0 Å². The third kappa shape index (κ3) is 3.98. The molecule has 3 heteroatoms. The van der Waals surface area contributed by atoms with E-state index in [0.29, 0.717) is 0 Å². The molecule has 0 fully saturated rings. The maximum Gasteiger partial charge on any atom is 0.0563 e. The predicted octanol–water partition coefficient (Wildman–Crippen LogP) is 9.14. The average molecular weight is 513 g/mol. The Hall–Kier alpha value is -2.58. The monoisotopic (exact) mass is 511 g/mol. The van der Waals surface area contributed by atoms with Crippen LogP contribution in [-0.4, -0.2) is 6.54 Å². The van der Waals surface area contributed by atoms with Crippen LogP contribution in [0.3, 0.4) is 0 Å². The molecule has 0 unspecified atom stereocenters. The van der Waals surface area contributed by atoms with Crippen molar-refractivity contribution in [3.8, 4) is 33.4 Å². The van der Waals surface area contributed by atoms with E-state index < -0.39 is 0 Å². The quantitative estimate of drug-likeness (QED) is 0.289. The largest absolute Gasteiger partial charge is 0.312 e. The summed E-state index contributed by atoms with van der Waals surface area (Å²) in [7, 11) is 0. The minimum atomic E-state index is 0.760. The molecule has 0 aromatic heterocycles. The smallest absolute Gasteiger partial charge is 0.0563 e. The predicted molar refractivity (Wildman–Crippen MR) is 154 cm³/mol. The van der Waals surface area contributed by atoms with Crippen molar-refractivity contribution in [2.24, 2.45) is 0 Å². The molecule has 6 rings (SSSR count). The van der Waals surface area contributed by atoms with Gasteiger partial charge >= 0.3 is 0 Å². The molecule has 0 atom stereocenters. The lowest BCUT2D eigenvalue weighted by molar-refractivity contribution is 0.641. The van der Waals surface area contributed by atoms with E-state index in [-0.39, 0.29) is 0 Å². The molecule has 1 N–H and O–H groups in total. The summed E-state index contributed by atoms with van der Waals surface area (Å²) in [5.41, 5.74) is 15.1. The van der Waals surface area contributed by atoms with Crippen molar-refractivity contribution in [2.45, 2.75) is 52.5 Å². The Balaban J connectivity index is 1.46. The van der Waals surface area contributed by atoms with Crippen LogP contribution in [0.4, 0.5) is 0 Å². The Kier molecular flexibility index (Phi) is 6.42. The second kappa shape index (κ2) is 9.71. The third-order valence-electron chi connectivity index (χ3n) is 8.25. The molecule has 0 saturated carbocycles. The molecule has 0 radical (unpaired) electrons. The van der Waals surface area contributed by atoms with Crippen LogP contribution in [0.15, 0.2) is 60.7 Å². The van der Waals surface area contributed by atoms with Gasteiger partial charge in [0.15, 0.2) is 0 Å². The Morgan fingerprint density at radius 3 is 1.67 bits per heavy atom. The average Bonchev–Trinajstić information content (AvgIpc) is 2.91. The molecule has 2 aliphatic rings. The summed E-state index contributed by atoms with van der Waals surface area (Å²) in [6, 6.07) is 21.7. The molecule has 0 amide bonds. The van der Waals surface area contributed by atoms with Gasteiger partial charge < -0.3 is 5.32 Å². The van der Waals surface area contributed by atoms with Crippen molar-refractivity contribution in [3.63, 3.8) is 0 Å². The van der Waals surface area contributed by atoms with Gasteiger partial charge in [-0.3, -0.25) is 0 Å². The van der Waals surface area contributed by atoms with Gasteiger partial charge in [-0.15, -0.1) is 0 Å². The van der Waals surface area contributed by atoms with Gasteiger partial charge in [0.1, 0.15) is 0 Å². The van der Waals surface area contributed by atoms with Crippen LogP contribution < -0.4 is 5.32 Å². The van der Waals surface area contributed by atoms with Crippen molar-refractivity contribution >= 4 is 23.2 Å². The lowest BCUT2D eigenvalue weighted by atomic mass is 9.84. The molecule has 0 saturated heterocycles. The summed E-state index contributed by atoms with van der Waals surface area (Å²) < 4.78 is 0. The first kappa shape index (κ1) is 23.8. The molecule has 36 heavy (non-hydrogen) atoms. The van der Waals surface area contributed by atoms with Gasteiger partial charge in [0, 0.05) is 28.8 Å². The molecule has 1 nitrogen and oxygen atoms in total. The molecule has 182 valence electrons. The van der Waals surface area contributed by atoms with E-state index in [1.807, 2.05) is 0 Å². The highest BCUT2D eigenvalue weighted by atomic mass is 35.5. The van der Waals surface area contributed by atoms with E-state index in [2.05, 4.69) is 79.8 Å². The van der Waals surface area contributed by atoms with Crippen LogP contribution >= 0.6 is 23.2 Å². The van der Waals surface area contributed by atoms with Crippen molar-refractivity contribution < 1.29 is 0 Å². The van der Waals surface area contributed by atoms with Crippen LogP contribution in [0.1, 0.15) is 46.2 Å². The lowest BCUT2D eigenvalue weighted by Crippen LogP contribution is -2.24. The Labute approximate surface area is 224 Å². The standard InChI is InChI=1S/C33H31Cl2N/c1-20-24-8-4-3-7-22(24)13-15-26(20)28-9-5-11-30(32(28)34)31-12-6-10-29(33(31)35)27-16-14-23-19-36-18-17-25(23)21(27)2/h5-6,9-16,36H,3-4,7-8,17-19H2,1-2H3. The van der Waals surface area contributed by atoms with E-state index in [1.54, 1.807) is 0 Å². The van der Waals surface area contributed by atoms with Crippen LogP contribution in [0, 0.1) is 13.8 Å². The zero-order valence-electron chi connectivity index (χ0n) is 21.0. The summed E-state index contributed by atoms with van der Waals surface area (Å²) in [6.07, 6.45) is 5.96. The first-order chi connectivity index (χ1) is 17.5. The summed E-state index contributed by atoms with van der Waals surface area (Å²) >= 11 is 14.3. The molecule has 1 heterocycles. The van der Waals surface area contributed by atoms with Gasteiger partial charge in [0.2, 0.25) is 0 Å². The van der Waals surface area contributed by atoms with Crippen LogP contribution in [0.2, 0.25) is 10.0 Å². The first-order valence-electron chi connectivity index (χ1n) is 13.1. The number of nitrogens with one attached hydrogen (secondary N) is 1. The Bertz CT molecular complexity index is 1370. The highest BCUT2D eigenvalue weighted by Crippen LogP contribution is 2.44. The zero-order valence-corrected chi connectivity index (χ0v) is 22.5. The molecule has 0 bridgehead atoms. The molecule has 1 aliphatic carbocycles. The minimum absolute atomic E-state index is 0.760. The number of halogens is 2. The van der Waals surface area contributed by atoms with Crippen LogP contribution in [-0.2, 0) is 25.8 Å². The van der Waals surface area contributed by atoms with E-state index >= 15 is 0 Å².